The van der Waals surface area contributed by atoms with E-state index >= 15 is 0 Å². The van der Waals surface area contributed by atoms with Crippen LogP contribution in [0.2, 0.25) is 0 Å². The van der Waals surface area contributed by atoms with Crippen molar-refractivity contribution in [3.8, 4) is 22.1 Å². The summed E-state index contributed by atoms with van der Waals surface area (Å²) in [4.78, 5) is 60.5. The molecule has 18 nitrogen and oxygen atoms in total. The van der Waals surface area contributed by atoms with Gasteiger partial charge >= 0.3 is 0 Å². The summed E-state index contributed by atoms with van der Waals surface area (Å²) in [6, 6.07) is 29.8. The number of anilines is 1. The lowest BCUT2D eigenvalue weighted by Gasteiger charge is -2.29. The number of nitrogens with zero attached hydrogens (tertiary/aromatic N) is 5. The SMILES string of the molecule is Cc1ncsc1-c1ccc(C(C)NC(=O)[C@@H]2C[C@@H](O)CN2C(=O)C(c2cc(OCCOCCOCCOCCOc3ccc(CN4C(=O)/C(=C/C=C/c5ccc([N+](=O)[O-])cc5)c5ccccc54)cc3)no2)C(C)C)cc1. The fraction of sp³-hybridized carbons (Fsp3) is 0.351. The Morgan fingerprint density at radius 3 is 2.22 bits per heavy atom. The highest BCUT2D eigenvalue weighted by molar-refractivity contribution is 7.13. The lowest BCUT2D eigenvalue weighted by atomic mass is 9.91. The van der Waals surface area contributed by atoms with Crippen molar-refractivity contribution in [3.05, 3.63) is 165 Å². The zero-order valence-electron chi connectivity index (χ0n) is 42.9. The first-order chi connectivity index (χ1) is 36.8. The summed E-state index contributed by atoms with van der Waals surface area (Å²) < 4.78 is 34.2. The maximum atomic E-state index is 14.1. The summed E-state index contributed by atoms with van der Waals surface area (Å²) >= 11 is 1.58. The summed E-state index contributed by atoms with van der Waals surface area (Å²) in [5, 5.41) is 28.7. The van der Waals surface area contributed by atoms with Crippen molar-refractivity contribution >= 4 is 52.1 Å². The molecule has 6 aromatic rings. The van der Waals surface area contributed by atoms with Crippen LogP contribution < -0.4 is 19.7 Å². The number of rotatable bonds is 26. The second-order valence-corrected chi connectivity index (χ2v) is 19.5. The molecule has 2 unspecified atom stereocenters. The molecule has 0 spiro atoms. The van der Waals surface area contributed by atoms with Gasteiger partial charge in [-0.15, -0.1) is 11.3 Å². The largest absolute Gasteiger partial charge is 0.491 e. The van der Waals surface area contributed by atoms with E-state index in [1.54, 1.807) is 52.7 Å². The number of carbonyl (C=O) groups is 3. The summed E-state index contributed by atoms with van der Waals surface area (Å²) in [6.45, 7) is 10.6. The number of β-amino-alcohol motifs (C(OH)–C–C–N with tert-alkyl or cyclic N) is 1. The van der Waals surface area contributed by atoms with E-state index in [2.05, 4.69) is 15.5 Å². The number of carbonyl (C=O) groups excluding carboxylic acids is 3. The van der Waals surface area contributed by atoms with Crippen molar-refractivity contribution in [1.29, 1.82) is 0 Å². The summed E-state index contributed by atoms with van der Waals surface area (Å²) in [6.07, 6.45) is 4.63. The Labute approximate surface area is 445 Å². The number of aromatic nitrogens is 2. The number of aryl methyl sites for hydroxylation is 1. The normalized spacial score (nSPS) is 16.7. The second kappa shape index (κ2) is 26.3. The van der Waals surface area contributed by atoms with E-state index < -0.39 is 23.0 Å². The van der Waals surface area contributed by atoms with Crippen molar-refractivity contribution in [2.24, 2.45) is 5.92 Å². The number of nitro groups is 1. The molecule has 0 bridgehead atoms. The maximum Gasteiger partial charge on any atom is 0.269 e. The molecule has 1 fully saturated rings. The van der Waals surface area contributed by atoms with Crippen LogP contribution in [-0.4, -0.2) is 114 Å². The van der Waals surface area contributed by atoms with Gasteiger partial charge in [0.2, 0.25) is 11.8 Å². The topological polar surface area (TPSA) is 218 Å². The minimum Gasteiger partial charge on any atom is -0.491 e. The Morgan fingerprint density at radius 1 is 0.895 bits per heavy atom. The fourth-order valence-electron chi connectivity index (χ4n) is 9.03. The summed E-state index contributed by atoms with van der Waals surface area (Å²) in [5.74, 6) is -0.580. The zero-order valence-corrected chi connectivity index (χ0v) is 43.7. The average molecular weight is 1060 g/mol. The summed E-state index contributed by atoms with van der Waals surface area (Å²) in [7, 11) is 0. The van der Waals surface area contributed by atoms with E-state index in [1.165, 1.54) is 17.0 Å². The van der Waals surface area contributed by atoms with Gasteiger partial charge in [0, 0.05) is 42.3 Å². The number of hydrogen-bond acceptors (Lipinski definition) is 15. The Hall–Kier alpha value is -7.55. The number of ether oxygens (including phenoxy) is 5. The number of aliphatic hydroxyl groups excluding tert-OH is 1. The molecule has 4 atom stereocenters. The van der Waals surface area contributed by atoms with Crippen molar-refractivity contribution in [2.75, 3.05) is 64.3 Å². The third kappa shape index (κ3) is 14.0. The third-order valence-electron chi connectivity index (χ3n) is 13.0. The van der Waals surface area contributed by atoms with Crippen LogP contribution in [0.15, 0.2) is 125 Å². The second-order valence-electron chi connectivity index (χ2n) is 18.7. The number of likely N-dealkylation sites (tertiary alicyclic amines) is 1. The molecule has 3 amide bonds. The van der Waals surface area contributed by atoms with E-state index in [0.717, 1.165) is 44.1 Å². The molecular weight excluding hydrogens is 993 g/mol. The highest BCUT2D eigenvalue weighted by Crippen LogP contribution is 2.38. The van der Waals surface area contributed by atoms with Crippen LogP contribution in [0.4, 0.5) is 11.4 Å². The van der Waals surface area contributed by atoms with Gasteiger partial charge in [-0.1, -0.05) is 80.6 Å². The van der Waals surface area contributed by atoms with Gasteiger partial charge in [0.25, 0.3) is 17.5 Å². The number of hydrogen-bond donors (Lipinski definition) is 2. The van der Waals surface area contributed by atoms with E-state index in [4.69, 9.17) is 28.2 Å². The van der Waals surface area contributed by atoms with E-state index in [0.29, 0.717) is 63.3 Å². The minimum absolute atomic E-state index is 0.0185. The van der Waals surface area contributed by atoms with Crippen LogP contribution in [0.1, 0.15) is 72.9 Å². The van der Waals surface area contributed by atoms with Gasteiger partial charge in [-0.05, 0) is 83.6 Å². The molecule has 2 aromatic heterocycles. The molecule has 2 aliphatic heterocycles. The average Bonchev–Trinajstić information content (AvgIpc) is 4.26. The Kier molecular flexibility index (Phi) is 18.9. The van der Waals surface area contributed by atoms with Crippen LogP contribution >= 0.6 is 11.3 Å². The zero-order chi connectivity index (χ0) is 53.6. The number of fused-ring (bicyclic) bond motifs is 1. The van der Waals surface area contributed by atoms with Gasteiger partial charge in [0.1, 0.15) is 30.9 Å². The predicted octanol–water partition coefficient (Wildman–Crippen LogP) is 8.74. The number of aliphatic hydroxyl groups is 1. The van der Waals surface area contributed by atoms with Crippen LogP contribution in [0.25, 0.3) is 22.1 Å². The quantitative estimate of drug-likeness (QED) is 0.0225. The number of benzene rings is 4. The highest BCUT2D eigenvalue weighted by Gasteiger charge is 2.43. The third-order valence-corrected chi connectivity index (χ3v) is 14.0. The molecule has 4 heterocycles. The van der Waals surface area contributed by atoms with Crippen molar-refractivity contribution < 1.29 is 52.6 Å². The first kappa shape index (κ1) is 54.7. The molecule has 2 aliphatic rings. The van der Waals surface area contributed by atoms with Crippen LogP contribution in [0, 0.1) is 23.0 Å². The first-order valence-electron chi connectivity index (χ1n) is 25.2. The van der Waals surface area contributed by atoms with Gasteiger partial charge in [0.05, 0.1) is 85.0 Å². The number of nitrogens with one attached hydrogen (secondary N) is 1. The molecule has 8 rings (SSSR count). The number of para-hydroxylation sites is 1. The molecule has 0 saturated carbocycles. The smallest absolute Gasteiger partial charge is 0.269 e. The van der Waals surface area contributed by atoms with Gasteiger partial charge < -0.3 is 48.4 Å². The van der Waals surface area contributed by atoms with E-state index in [1.807, 2.05) is 106 Å². The summed E-state index contributed by atoms with van der Waals surface area (Å²) in [5.41, 5.74) is 8.71. The van der Waals surface area contributed by atoms with Gasteiger partial charge in [-0.25, -0.2) is 4.98 Å². The van der Waals surface area contributed by atoms with Crippen molar-refractivity contribution in [3.63, 3.8) is 0 Å². The van der Waals surface area contributed by atoms with Crippen LogP contribution in [0.3, 0.4) is 0 Å². The molecule has 76 heavy (non-hydrogen) atoms. The lowest BCUT2D eigenvalue weighted by molar-refractivity contribution is -0.384. The number of amides is 3. The standard InChI is InChI=1S/C57H62N6O12S/c1-37(2)53(57(67)62-35-45(64)32-50(62)55(65)59-38(3)42-16-18-43(19-17-42)54-39(4)58-36-76-54)51-33-52(60-75-51)74-31-29-72-27-25-70-24-26-71-28-30-73-46-22-14-41(15-23-46)34-61-49-11-6-5-9-47(49)48(56(61)66)10-7-8-40-12-20-44(21-13-40)63(68)69/h5-23,33,36-38,45,50,53,64H,24-32,34-35H2,1-4H3,(H,59,65)/b8-7+,48-10+/t38?,45-,50+,53?/m1/s1. The van der Waals surface area contributed by atoms with Gasteiger partial charge in [-0.2, -0.15) is 0 Å². The molecule has 4 aromatic carbocycles. The molecule has 0 radical (unpaired) electrons. The number of allylic oxidation sites excluding steroid dienone is 2. The molecule has 1 saturated heterocycles. The van der Waals surface area contributed by atoms with Crippen molar-refractivity contribution in [1.82, 2.24) is 20.4 Å². The van der Waals surface area contributed by atoms with Crippen LogP contribution in [-0.2, 0) is 35.1 Å². The van der Waals surface area contributed by atoms with E-state index in [9.17, 15) is 29.6 Å². The number of nitro benzene ring substituents is 1. The number of thiazole rings is 1. The Balaban J connectivity index is 0.682. The van der Waals surface area contributed by atoms with Gasteiger partial charge in [-0.3, -0.25) is 24.5 Å². The van der Waals surface area contributed by atoms with Gasteiger partial charge in [0.15, 0.2) is 5.76 Å². The minimum atomic E-state index is -0.854. The molecule has 2 N–H and O–H groups in total. The monoisotopic (exact) mass is 1050 g/mol. The highest BCUT2D eigenvalue weighted by atomic mass is 32.1. The number of non-ortho nitro benzene ring substituents is 1. The van der Waals surface area contributed by atoms with Crippen LogP contribution in [0.5, 0.6) is 11.6 Å². The Morgan fingerprint density at radius 2 is 1.57 bits per heavy atom. The maximum absolute atomic E-state index is 14.1. The predicted molar refractivity (Wildman–Crippen MR) is 287 cm³/mol. The molecule has 398 valence electrons. The van der Waals surface area contributed by atoms with Crippen molar-refractivity contribution in [2.45, 2.75) is 64.8 Å². The first-order valence-corrected chi connectivity index (χ1v) is 26.1. The lowest BCUT2D eigenvalue weighted by Crippen LogP contribution is -2.48. The molecule has 0 aliphatic carbocycles. The molecular formula is C57H62N6O12S. The molecule has 19 heteroatoms. The Bertz CT molecular complexity index is 2970. The van der Waals surface area contributed by atoms with E-state index in [-0.39, 0.29) is 67.4 Å². The fourth-order valence-corrected chi connectivity index (χ4v) is 9.84.